The second-order valence-electron chi connectivity index (χ2n) is 1.99. The summed E-state index contributed by atoms with van der Waals surface area (Å²) in [6.07, 6.45) is -2.44. The summed E-state index contributed by atoms with van der Waals surface area (Å²) in [4.78, 5) is 3.61. The van der Waals surface area contributed by atoms with E-state index >= 15 is 0 Å². The van der Waals surface area contributed by atoms with Crippen LogP contribution in [-0.2, 0) is 6.42 Å². The lowest BCUT2D eigenvalue weighted by Gasteiger charge is -2.02. The van der Waals surface area contributed by atoms with Crippen molar-refractivity contribution in [2.75, 3.05) is 0 Å². The number of hydrogen-bond acceptors (Lipinski definition) is 2. The molecule has 1 nitrogen and oxygen atoms in total. The molecular weight excluding hydrogens is 175 g/mol. The summed E-state index contributed by atoms with van der Waals surface area (Å²) in [6.45, 7) is 0. The van der Waals surface area contributed by atoms with Crippen LogP contribution in [0.25, 0.3) is 0 Å². The molecule has 0 saturated heterocycles. The predicted octanol–water partition coefficient (Wildman–Crippen LogP) is 2.44. The molecule has 0 atom stereocenters. The highest BCUT2D eigenvalue weighted by molar-refractivity contribution is 7.09. The molecule has 0 aromatic carbocycles. The second kappa shape index (κ2) is 3.21. The molecule has 1 aromatic heterocycles. The maximum atomic E-state index is 11.6. The Bertz CT molecular complexity index is 204. The number of aromatic nitrogens is 1. The average Bonchev–Trinajstić information content (AvgIpc) is 2.32. The van der Waals surface area contributed by atoms with Gasteiger partial charge in [0.2, 0.25) is 0 Å². The third-order valence-electron chi connectivity index (χ3n) is 1.06. The third-order valence-corrected chi connectivity index (χ3v) is 1.85. The molecule has 11 heavy (non-hydrogen) atoms. The summed E-state index contributed by atoms with van der Waals surface area (Å²) >= 11 is 1.20. The minimum absolute atomic E-state index is 0.0301. The molecule has 0 unspecified atom stereocenters. The van der Waals surface area contributed by atoms with Crippen LogP contribution in [0.3, 0.4) is 0 Å². The molecule has 0 bridgehead atoms. The van der Waals surface area contributed by atoms with Crippen molar-refractivity contribution in [1.82, 2.24) is 4.98 Å². The van der Waals surface area contributed by atoms with Crippen LogP contribution in [0.1, 0.15) is 11.4 Å². The Morgan fingerprint density at radius 3 is 2.73 bits per heavy atom. The first kappa shape index (κ1) is 8.52. The molecule has 0 aliphatic heterocycles. The number of alkyl halides is 3. The number of hydrogen-bond donors (Lipinski definition) is 0. The molecule has 0 N–H and O–H groups in total. The van der Waals surface area contributed by atoms with Gasteiger partial charge in [-0.1, -0.05) is 0 Å². The summed E-state index contributed by atoms with van der Waals surface area (Å²) in [5, 5.41) is 2.04. The SMILES string of the molecule is FC(F)(F)CCc1n[c]cs1. The first-order valence-corrected chi connectivity index (χ1v) is 3.83. The van der Waals surface area contributed by atoms with E-state index in [0.717, 1.165) is 0 Å². The number of halogens is 3. The Kier molecular flexibility index (Phi) is 2.49. The van der Waals surface area contributed by atoms with E-state index < -0.39 is 12.6 Å². The molecule has 1 aromatic rings. The number of aryl methyl sites for hydroxylation is 1. The maximum absolute atomic E-state index is 11.6. The Labute approximate surface area is 65.9 Å². The van der Waals surface area contributed by atoms with Crippen molar-refractivity contribution < 1.29 is 13.2 Å². The van der Waals surface area contributed by atoms with Crippen LogP contribution in [0, 0.1) is 6.20 Å². The molecule has 0 aliphatic rings. The van der Waals surface area contributed by atoms with Gasteiger partial charge in [0.25, 0.3) is 0 Å². The van der Waals surface area contributed by atoms with Crippen molar-refractivity contribution in [1.29, 1.82) is 0 Å². The van der Waals surface area contributed by atoms with Crippen molar-refractivity contribution in [3.63, 3.8) is 0 Å². The van der Waals surface area contributed by atoms with Crippen molar-refractivity contribution in [2.24, 2.45) is 0 Å². The highest BCUT2D eigenvalue weighted by Gasteiger charge is 2.26. The molecule has 1 radical (unpaired) electrons. The molecule has 61 valence electrons. The molecule has 0 saturated carbocycles. The first-order valence-electron chi connectivity index (χ1n) is 2.95. The highest BCUT2D eigenvalue weighted by Crippen LogP contribution is 2.22. The molecule has 0 amide bonds. The van der Waals surface area contributed by atoms with Gasteiger partial charge in [-0.2, -0.15) is 13.2 Å². The van der Waals surface area contributed by atoms with Crippen LogP contribution < -0.4 is 0 Å². The summed E-state index contributed by atoms with van der Waals surface area (Å²) in [5.74, 6) is 0. The fourth-order valence-corrected chi connectivity index (χ4v) is 1.15. The van der Waals surface area contributed by atoms with Crippen molar-refractivity contribution in [2.45, 2.75) is 19.0 Å². The standard InChI is InChI=1S/C6H5F3NS/c7-6(8,9)2-1-5-10-3-4-11-5/h4H,1-2H2. The van der Waals surface area contributed by atoms with E-state index in [2.05, 4.69) is 11.2 Å². The van der Waals surface area contributed by atoms with Crippen LogP contribution in [0.5, 0.6) is 0 Å². The Balaban J connectivity index is 2.35. The molecule has 0 aliphatic carbocycles. The molecule has 5 heteroatoms. The average molecular weight is 180 g/mol. The number of thiazole rings is 1. The molecular formula is C6H5F3NS. The third kappa shape index (κ3) is 3.36. The zero-order valence-corrected chi connectivity index (χ0v) is 6.30. The topological polar surface area (TPSA) is 12.9 Å². The van der Waals surface area contributed by atoms with Crippen LogP contribution in [-0.4, -0.2) is 11.2 Å². The highest BCUT2D eigenvalue weighted by atomic mass is 32.1. The van der Waals surface area contributed by atoms with Gasteiger partial charge in [-0.05, 0) is 0 Å². The lowest BCUT2D eigenvalue weighted by molar-refractivity contribution is -0.133. The maximum Gasteiger partial charge on any atom is 0.389 e. The van der Waals surface area contributed by atoms with E-state index in [1.807, 2.05) is 0 Å². The molecule has 1 heterocycles. The van der Waals surface area contributed by atoms with E-state index in [4.69, 9.17) is 0 Å². The first-order chi connectivity index (χ1) is 5.08. The van der Waals surface area contributed by atoms with E-state index in [9.17, 15) is 13.2 Å². The lowest BCUT2D eigenvalue weighted by atomic mass is 10.3. The Hall–Kier alpha value is -0.580. The van der Waals surface area contributed by atoms with Gasteiger partial charge in [-0.15, -0.1) is 11.3 Å². The van der Waals surface area contributed by atoms with E-state index in [1.54, 1.807) is 5.38 Å². The summed E-state index contributed by atoms with van der Waals surface area (Å²) in [7, 11) is 0. The largest absolute Gasteiger partial charge is 0.389 e. The predicted molar refractivity (Wildman–Crippen MR) is 35.3 cm³/mol. The molecule has 0 fully saturated rings. The van der Waals surface area contributed by atoms with Gasteiger partial charge in [0.1, 0.15) is 6.20 Å². The number of nitrogens with zero attached hydrogens (tertiary/aromatic N) is 1. The minimum atomic E-state index is -4.08. The Morgan fingerprint density at radius 2 is 2.27 bits per heavy atom. The normalized spacial score (nSPS) is 11.9. The van der Waals surface area contributed by atoms with Crippen LogP contribution in [0.4, 0.5) is 13.2 Å². The van der Waals surface area contributed by atoms with E-state index in [0.29, 0.717) is 5.01 Å². The fourth-order valence-electron chi connectivity index (χ4n) is 0.583. The second-order valence-corrected chi connectivity index (χ2v) is 2.93. The van der Waals surface area contributed by atoms with E-state index in [1.165, 1.54) is 11.3 Å². The Morgan fingerprint density at radius 1 is 1.55 bits per heavy atom. The monoisotopic (exact) mass is 180 g/mol. The smallest absolute Gasteiger partial charge is 0.240 e. The van der Waals surface area contributed by atoms with Gasteiger partial charge in [0.05, 0.1) is 5.01 Å². The van der Waals surface area contributed by atoms with Crippen molar-refractivity contribution in [3.8, 4) is 0 Å². The van der Waals surface area contributed by atoms with Gasteiger partial charge in [0, 0.05) is 18.2 Å². The summed E-state index contributed by atoms with van der Waals surface area (Å²) in [5.41, 5.74) is 0. The van der Waals surface area contributed by atoms with E-state index in [-0.39, 0.29) is 6.42 Å². The molecule has 0 spiro atoms. The zero-order chi connectivity index (χ0) is 8.32. The molecule has 1 rings (SSSR count). The van der Waals surface area contributed by atoms with Crippen LogP contribution in [0.15, 0.2) is 5.38 Å². The van der Waals surface area contributed by atoms with Gasteiger partial charge >= 0.3 is 6.18 Å². The lowest BCUT2D eigenvalue weighted by Crippen LogP contribution is -2.08. The van der Waals surface area contributed by atoms with Gasteiger partial charge < -0.3 is 0 Å². The van der Waals surface area contributed by atoms with Crippen molar-refractivity contribution in [3.05, 3.63) is 16.6 Å². The van der Waals surface area contributed by atoms with Crippen LogP contribution in [0.2, 0.25) is 0 Å². The van der Waals surface area contributed by atoms with Gasteiger partial charge in [-0.25, -0.2) is 4.98 Å². The van der Waals surface area contributed by atoms with Gasteiger partial charge in [0.15, 0.2) is 0 Å². The fraction of sp³-hybridized carbons (Fsp3) is 0.500. The van der Waals surface area contributed by atoms with Crippen LogP contribution >= 0.6 is 11.3 Å². The zero-order valence-electron chi connectivity index (χ0n) is 5.48. The minimum Gasteiger partial charge on any atom is -0.240 e. The number of rotatable bonds is 2. The summed E-state index contributed by atoms with van der Waals surface area (Å²) < 4.78 is 34.8. The van der Waals surface area contributed by atoms with Crippen molar-refractivity contribution >= 4 is 11.3 Å². The summed E-state index contributed by atoms with van der Waals surface area (Å²) in [6, 6.07) is 0. The van der Waals surface area contributed by atoms with Gasteiger partial charge in [-0.3, -0.25) is 0 Å². The quantitative estimate of drug-likeness (QED) is 0.681.